The Labute approximate surface area is 170 Å². The summed E-state index contributed by atoms with van der Waals surface area (Å²) in [7, 11) is 0. The summed E-state index contributed by atoms with van der Waals surface area (Å²) in [5.74, 6) is -0.854. The Morgan fingerprint density at radius 1 is 1.10 bits per heavy atom. The van der Waals surface area contributed by atoms with Gasteiger partial charge in [0.05, 0.1) is 5.92 Å². The summed E-state index contributed by atoms with van der Waals surface area (Å²) in [6.45, 7) is 4.36. The van der Waals surface area contributed by atoms with E-state index in [4.69, 9.17) is 4.74 Å². The van der Waals surface area contributed by atoms with Crippen LogP contribution in [0.5, 0.6) is 5.75 Å². The maximum atomic E-state index is 12.4. The van der Waals surface area contributed by atoms with Gasteiger partial charge in [-0.1, -0.05) is 48.0 Å². The third kappa shape index (κ3) is 5.57. The maximum absolute atomic E-state index is 12.4. The zero-order valence-electron chi connectivity index (χ0n) is 16.6. The summed E-state index contributed by atoms with van der Waals surface area (Å²) >= 11 is 0. The molecule has 3 amide bonds. The van der Waals surface area contributed by atoms with Crippen LogP contribution in [0.3, 0.4) is 0 Å². The average Bonchev–Trinajstić information content (AvgIpc) is 3.08. The first-order valence-electron chi connectivity index (χ1n) is 9.57. The van der Waals surface area contributed by atoms with E-state index in [0.717, 1.165) is 11.1 Å². The largest absolute Gasteiger partial charge is 0.481 e. The molecule has 0 radical (unpaired) electrons. The lowest BCUT2D eigenvalue weighted by Crippen LogP contribution is -2.49. The minimum atomic E-state index is -0.780. The molecule has 0 bridgehead atoms. The number of carbonyl (C=O) groups is 3. The Balaban J connectivity index is 1.45. The van der Waals surface area contributed by atoms with E-state index in [2.05, 4.69) is 10.9 Å². The third-order valence-corrected chi connectivity index (χ3v) is 4.81. The van der Waals surface area contributed by atoms with Crippen molar-refractivity contribution >= 4 is 17.7 Å². The van der Waals surface area contributed by atoms with Gasteiger partial charge in [0.25, 0.3) is 5.91 Å². The number of ether oxygens (including phenoxy) is 1. The highest BCUT2D eigenvalue weighted by atomic mass is 16.5. The SMILES string of the molecule is Cc1ccc(OC(C)C(=O)NNC(=O)C2CC(=O)N(Cc3ccccc3)C2)cc1. The van der Waals surface area contributed by atoms with Gasteiger partial charge >= 0.3 is 0 Å². The normalized spacial score (nSPS) is 17.0. The number of nitrogens with zero attached hydrogens (tertiary/aromatic N) is 1. The first-order valence-corrected chi connectivity index (χ1v) is 9.57. The summed E-state index contributed by atoms with van der Waals surface area (Å²) in [6, 6.07) is 17.0. The highest BCUT2D eigenvalue weighted by Crippen LogP contribution is 2.20. The number of nitrogens with one attached hydrogen (secondary N) is 2. The topological polar surface area (TPSA) is 87.7 Å². The average molecular weight is 395 g/mol. The molecule has 7 nitrogen and oxygen atoms in total. The van der Waals surface area contributed by atoms with Crippen molar-refractivity contribution in [2.45, 2.75) is 32.9 Å². The van der Waals surface area contributed by atoms with E-state index in [1.807, 2.05) is 49.4 Å². The Morgan fingerprint density at radius 3 is 2.48 bits per heavy atom. The summed E-state index contributed by atoms with van der Waals surface area (Å²) < 4.78 is 5.56. The summed E-state index contributed by atoms with van der Waals surface area (Å²) in [6.07, 6.45) is -0.651. The van der Waals surface area contributed by atoms with Gasteiger partial charge in [-0.05, 0) is 31.5 Å². The lowest BCUT2D eigenvalue weighted by Gasteiger charge is -2.18. The van der Waals surface area contributed by atoms with Crippen LogP contribution >= 0.6 is 0 Å². The van der Waals surface area contributed by atoms with Crippen molar-refractivity contribution < 1.29 is 19.1 Å². The lowest BCUT2D eigenvalue weighted by molar-refractivity contribution is -0.134. The van der Waals surface area contributed by atoms with Crippen molar-refractivity contribution in [3.8, 4) is 5.75 Å². The first-order chi connectivity index (χ1) is 13.9. The molecular formula is C22H25N3O4. The van der Waals surface area contributed by atoms with Gasteiger partial charge in [0.2, 0.25) is 11.8 Å². The van der Waals surface area contributed by atoms with Crippen LogP contribution in [-0.4, -0.2) is 35.3 Å². The number of likely N-dealkylation sites (tertiary alicyclic amines) is 1. The molecule has 0 spiro atoms. The fourth-order valence-corrected chi connectivity index (χ4v) is 3.11. The fourth-order valence-electron chi connectivity index (χ4n) is 3.11. The number of hydrazine groups is 1. The standard InChI is InChI=1S/C22H25N3O4/c1-15-8-10-19(11-9-15)29-16(2)21(27)23-24-22(28)18-12-20(26)25(14-18)13-17-6-4-3-5-7-17/h3-11,16,18H,12-14H2,1-2H3,(H,23,27)(H,24,28). The molecule has 29 heavy (non-hydrogen) atoms. The Kier molecular flexibility index (Phi) is 6.49. The number of aryl methyl sites for hydroxylation is 1. The summed E-state index contributed by atoms with van der Waals surface area (Å²) in [5, 5.41) is 0. The van der Waals surface area contributed by atoms with E-state index >= 15 is 0 Å². The smallest absolute Gasteiger partial charge is 0.279 e. The van der Waals surface area contributed by atoms with E-state index in [9.17, 15) is 14.4 Å². The molecule has 1 heterocycles. The van der Waals surface area contributed by atoms with E-state index < -0.39 is 17.9 Å². The molecular weight excluding hydrogens is 370 g/mol. The molecule has 2 atom stereocenters. The number of benzene rings is 2. The van der Waals surface area contributed by atoms with Crippen LogP contribution in [0.15, 0.2) is 54.6 Å². The van der Waals surface area contributed by atoms with Crippen molar-refractivity contribution in [3.63, 3.8) is 0 Å². The van der Waals surface area contributed by atoms with Gasteiger partial charge in [-0.2, -0.15) is 0 Å². The van der Waals surface area contributed by atoms with E-state index in [-0.39, 0.29) is 18.2 Å². The van der Waals surface area contributed by atoms with Crippen LogP contribution < -0.4 is 15.6 Å². The molecule has 2 N–H and O–H groups in total. The Bertz CT molecular complexity index is 867. The van der Waals surface area contributed by atoms with E-state index in [0.29, 0.717) is 18.8 Å². The van der Waals surface area contributed by atoms with Crippen LogP contribution in [0.1, 0.15) is 24.5 Å². The first kappa shape index (κ1) is 20.4. The van der Waals surface area contributed by atoms with Crippen molar-refractivity contribution in [2.75, 3.05) is 6.54 Å². The number of carbonyl (C=O) groups excluding carboxylic acids is 3. The monoisotopic (exact) mass is 395 g/mol. The molecule has 1 saturated heterocycles. The number of hydrogen-bond acceptors (Lipinski definition) is 4. The van der Waals surface area contributed by atoms with Crippen LogP contribution in [0, 0.1) is 12.8 Å². The minimum Gasteiger partial charge on any atom is -0.481 e. The van der Waals surface area contributed by atoms with Gasteiger partial charge in [0.15, 0.2) is 6.10 Å². The van der Waals surface area contributed by atoms with Gasteiger partial charge in [0, 0.05) is 19.5 Å². The second-order valence-corrected chi connectivity index (χ2v) is 7.21. The molecule has 2 aromatic rings. The molecule has 0 aromatic heterocycles. The predicted molar refractivity (Wildman–Crippen MR) is 108 cm³/mol. The molecule has 152 valence electrons. The quantitative estimate of drug-likeness (QED) is 0.732. The molecule has 1 aliphatic rings. The lowest BCUT2D eigenvalue weighted by atomic mass is 10.1. The van der Waals surface area contributed by atoms with Crippen molar-refractivity contribution in [1.29, 1.82) is 0 Å². The fraction of sp³-hybridized carbons (Fsp3) is 0.318. The zero-order chi connectivity index (χ0) is 20.8. The Hall–Kier alpha value is -3.35. The predicted octanol–water partition coefficient (Wildman–Crippen LogP) is 1.96. The second-order valence-electron chi connectivity index (χ2n) is 7.21. The molecule has 1 aliphatic heterocycles. The summed E-state index contributed by atoms with van der Waals surface area (Å²) in [4.78, 5) is 38.4. The van der Waals surface area contributed by atoms with Crippen LogP contribution in [0.4, 0.5) is 0 Å². The molecule has 3 rings (SSSR count). The number of amides is 3. The zero-order valence-corrected chi connectivity index (χ0v) is 16.6. The van der Waals surface area contributed by atoms with Crippen molar-refractivity contribution in [1.82, 2.24) is 15.8 Å². The highest BCUT2D eigenvalue weighted by molar-refractivity contribution is 5.90. The minimum absolute atomic E-state index is 0.0728. The van der Waals surface area contributed by atoms with E-state index in [1.165, 1.54) is 0 Å². The number of hydrogen-bond donors (Lipinski definition) is 2. The Morgan fingerprint density at radius 2 is 1.79 bits per heavy atom. The highest BCUT2D eigenvalue weighted by Gasteiger charge is 2.34. The van der Waals surface area contributed by atoms with E-state index in [1.54, 1.807) is 24.0 Å². The molecule has 0 saturated carbocycles. The van der Waals surface area contributed by atoms with Gasteiger partial charge in [0.1, 0.15) is 5.75 Å². The van der Waals surface area contributed by atoms with Crippen molar-refractivity contribution in [2.24, 2.45) is 5.92 Å². The molecule has 7 heteroatoms. The van der Waals surface area contributed by atoms with Crippen LogP contribution in [0.25, 0.3) is 0 Å². The van der Waals surface area contributed by atoms with Crippen molar-refractivity contribution in [3.05, 3.63) is 65.7 Å². The third-order valence-electron chi connectivity index (χ3n) is 4.81. The molecule has 2 aromatic carbocycles. The molecule has 2 unspecified atom stereocenters. The molecule has 0 aliphatic carbocycles. The number of rotatable bonds is 6. The van der Waals surface area contributed by atoms with Crippen LogP contribution in [-0.2, 0) is 20.9 Å². The maximum Gasteiger partial charge on any atom is 0.279 e. The van der Waals surface area contributed by atoms with Gasteiger partial charge in [-0.3, -0.25) is 25.2 Å². The van der Waals surface area contributed by atoms with Crippen LogP contribution in [0.2, 0.25) is 0 Å². The molecule has 1 fully saturated rings. The van der Waals surface area contributed by atoms with Gasteiger partial charge < -0.3 is 9.64 Å². The van der Waals surface area contributed by atoms with Gasteiger partial charge in [-0.15, -0.1) is 0 Å². The van der Waals surface area contributed by atoms with Gasteiger partial charge in [-0.25, -0.2) is 0 Å². The summed E-state index contributed by atoms with van der Waals surface area (Å²) in [5.41, 5.74) is 6.89. The second kappa shape index (κ2) is 9.23.